The van der Waals surface area contributed by atoms with E-state index in [9.17, 15) is 35.5 Å². The lowest BCUT2D eigenvalue weighted by atomic mass is 10.2. The van der Waals surface area contributed by atoms with Crippen molar-refractivity contribution in [1.82, 2.24) is 0 Å². The highest BCUT2D eigenvalue weighted by molar-refractivity contribution is 5.76. The Bertz CT molecular complexity index is 525. The molecule has 0 radical (unpaired) electrons. The maximum atomic E-state index is 13.1. The number of benzene rings is 1. The van der Waals surface area contributed by atoms with E-state index >= 15 is 0 Å². The minimum absolute atomic E-state index is 0.250. The third kappa shape index (κ3) is 3.76. The summed E-state index contributed by atoms with van der Waals surface area (Å²) in [6, 6.07) is 0. The summed E-state index contributed by atoms with van der Waals surface area (Å²) in [5.41, 5.74) is 0. The van der Waals surface area contributed by atoms with Gasteiger partial charge in [0.1, 0.15) is 13.2 Å². The molecular weight excluding hydrogens is 313 g/mol. The zero-order chi connectivity index (χ0) is 16.4. The molecule has 0 spiro atoms. The maximum Gasteiger partial charge on any atom is 0.376 e. The summed E-state index contributed by atoms with van der Waals surface area (Å²) in [6.07, 6.45) is 0. The topological polar surface area (TPSA) is 35.5 Å². The van der Waals surface area contributed by atoms with Gasteiger partial charge in [-0.05, 0) is 0 Å². The zero-order valence-electron chi connectivity index (χ0n) is 10.3. The Morgan fingerprint density at radius 1 is 0.905 bits per heavy atom. The molecule has 21 heavy (non-hydrogen) atoms. The number of halogens is 7. The SMILES string of the molecule is CC(F)(F)C(=O)OCCOc1c(F)c(F)c(F)c(F)c1F. The smallest absolute Gasteiger partial charge is 0.376 e. The molecule has 0 aromatic heterocycles. The number of hydrogen-bond donors (Lipinski definition) is 0. The van der Waals surface area contributed by atoms with Crippen LogP contribution in [0.4, 0.5) is 30.7 Å². The fourth-order valence-electron chi connectivity index (χ4n) is 1.12. The van der Waals surface area contributed by atoms with Gasteiger partial charge in [0.15, 0.2) is 5.75 Å². The summed E-state index contributed by atoms with van der Waals surface area (Å²) < 4.78 is 97.4. The quantitative estimate of drug-likeness (QED) is 0.275. The van der Waals surface area contributed by atoms with Crippen LogP contribution in [0, 0.1) is 29.1 Å². The van der Waals surface area contributed by atoms with Gasteiger partial charge in [-0.15, -0.1) is 0 Å². The molecule has 0 atom stereocenters. The minimum atomic E-state index is -3.79. The van der Waals surface area contributed by atoms with Crippen LogP contribution in [-0.4, -0.2) is 25.1 Å². The first-order valence-corrected chi connectivity index (χ1v) is 5.26. The summed E-state index contributed by atoms with van der Waals surface area (Å²) in [7, 11) is 0. The maximum absolute atomic E-state index is 13.1. The number of hydrogen-bond acceptors (Lipinski definition) is 3. The average Bonchev–Trinajstić information content (AvgIpc) is 2.40. The second-order valence-electron chi connectivity index (χ2n) is 3.77. The van der Waals surface area contributed by atoms with E-state index in [2.05, 4.69) is 9.47 Å². The molecule has 0 fully saturated rings. The first-order chi connectivity index (χ1) is 9.57. The van der Waals surface area contributed by atoms with Gasteiger partial charge in [0.2, 0.25) is 29.1 Å². The molecule has 0 amide bonds. The number of rotatable bonds is 5. The third-order valence-electron chi connectivity index (χ3n) is 2.09. The Labute approximate surface area is 113 Å². The van der Waals surface area contributed by atoms with Crippen molar-refractivity contribution in [3.05, 3.63) is 29.1 Å². The number of ether oxygens (including phenoxy) is 2. The van der Waals surface area contributed by atoms with Crippen LogP contribution in [0.5, 0.6) is 5.75 Å². The van der Waals surface area contributed by atoms with Gasteiger partial charge in [0.05, 0.1) is 0 Å². The van der Waals surface area contributed by atoms with Crippen LogP contribution in [-0.2, 0) is 9.53 Å². The van der Waals surface area contributed by atoms with E-state index in [1.54, 1.807) is 0 Å². The van der Waals surface area contributed by atoms with Crippen molar-refractivity contribution in [2.45, 2.75) is 12.8 Å². The van der Waals surface area contributed by atoms with Gasteiger partial charge < -0.3 is 9.47 Å². The molecule has 0 saturated heterocycles. The second-order valence-corrected chi connectivity index (χ2v) is 3.77. The molecule has 1 aromatic carbocycles. The van der Waals surface area contributed by atoms with Gasteiger partial charge in [-0.25, -0.2) is 18.0 Å². The Kier molecular flexibility index (Phi) is 5.02. The van der Waals surface area contributed by atoms with Gasteiger partial charge >= 0.3 is 11.9 Å². The molecule has 0 unspecified atom stereocenters. The van der Waals surface area contributed by atoms with Crippen molar-refractivity contribution in [2.24, 2.45) is 0 Å². The lowest BCUT2D eigenvalue weighted by Gasteiger charge is -2.12. The molecule has 10 heteroatoms. The van der Waals surface area contributed by atoms with Crippen LogP contribution in [0.3, 0.4) is 0 Å². The zero-order valence-corrected chi connectivity index (χ0v) is 10.3. The van der Waals surface area contributed by atoms with Gasteiger partial charge in [-0.1, -0.05) is 0 Å². The molecule has 0 N–H and O–H groups in total. The molecule has 0 aliphatic carbocycles. The normalized spacial score (nSPS) is 11.4. The molecule has 1 aromatic rings. The number of alkyl halides is 2. The largest absolute Gasteiger partial charge is 0.484 e. The molecule has 0 bridgehead atoms. The standard InChI is InChI=1S/C11H7F7O3/c1-11(17,18)10(19)21-3-2-20-9-7(15)5(13)4(12)6(14)8(9)16/h2-3H2,1H3. The first kappa shape index (κ1) is 17.1. The van der Waals surface area contributed by atoms with Crippen molar-refractivity contribution >= 4 is 5.97 Å². The van der Waals surface area contributed by atoms with Crippen molar-refractivity contribution in [2.75, 3.05) is 13.2 Å². The molecule has 0 aliphatic heterocycles. The molecule has 0 heterocycles. The van der Waals surface area contributed by atoms with E-state index in [0.717, 1.165) is 0 Å². The third-order valence-corrected chi connectivity index (χ3v) is 2.09. The van der Waals surface area contributed by atoms with E-state index in [0.29, 0.717) is 0 Å². The van der Waals surface area contributed by atoms with Crippen LogP contribution in [0.2, 0.25) is 0 Å². The van der Waals surface area contributed by atoms with E-state index in [1.165, 1.54) is 0 Å². The van der Waals surface area contributed by atoms with Crippen LogP contribution in [0.25, 0.3) is 0 Å². The second kappa shape index (κ2) is 6.19. The summed E-state index contributed by atoms with van der Waals surface area (Å²) in [6.45, 7) is -1.51. The van der Waals surface area contributed by atoms with Crippen molar-refractivity contribution in [3.8, 4) is 5.75 Å². The minimum Gasteiger partial charge on any atom is -0.484 e. The van der Waals surface area contributed by atoms with Crippen molar-refractivity contribution < 1.29 is 45.0 Å². The van der Waals surface area contributed by atoms with Crippen LogP contribution < -0.4 is 4.74 Å². The highest BCUT2D eigenvalue weighted by Gasteiger charge is 2.34. The van der Waals surface area contributed by atoms with E-state index in [4.69, 9.17) is 0 Å². The summed E-state index contributed by atoms with van der Waals surface area (Å²) >= 11 is 0. The summed E-state index contributed by atoms with van der Waals surface area (Å²) in [5.74, 6) is -18.6. The fraction of sp³-hybridized carbons (Fsp3) is 0.364. The van der Waals surface area contributed by atoms with Gasteiger partial charge in [-0.2, -0.15) is 17.6 Å². The predicted octanol–water partition coefficient (Wildman–Crippen LogP) is 2.96. The highest BCUT2D eigenvalue weighted by Crippen LogP contribution is 2.29. The Morgan fingerprint density at radius 2 is 1.33 bits per heavy atom. The van der Waals surface area contributed by atoms with Crippen LogP contribution >= 0.6 is 0 Å². The van der Waals surface area contributed by atoms with Gasteiger partial charge in [0.25, 0.3) is 0 Å². The Morgan fingerprint density at radius 3 is 1.76 bits per heavy atom. The average molecular weight is 320 g/mol. The number of esters is 1. The lowest BCUT2D eigenvalue weighted by Crippen LogP contribution is -2.28. The van der Waals surface area contributed by atoms with E-state index < -0.39 is 59.9 Å². The molecular formula is C11H7F7O3. The Hall–Kier alpha value is -2.00. The van der Waals surface area contributed by atoms with Gasteiger partial charge in [0, 0.05) is 6.92 Å². The van der Waals surface area contributed by atoms with Gasteiger partial charge in [-0.3, -0.25) is 0 Å². The molecule has 0 saturated carbocycles. The monoisotopic (exact) mass is 320 g/mol. The lowest BCUT2D eigenvalue weighted by molar-refractivity contribution is -0.169. The number of carbonyl (C=O) groups excluding carboxylic acids is 1. The highest BCUT2D eigenvalue weighted by atomic mass is 19.3. The van der Waals surface area contributed by atoms with Crippen molar-refractivity contribution in [3.63, 3.8) is 0 Å². The first-order valence-electron chi connectivity index (χ1n) is 5.26. The number of carbonyl (C=O) groups is 1. The summed E-state index contributed by atoms with van der Waals surface area (Å²) in [5, 5.41) is 0. The predicted molar refractivity (Wildman–Crippen MR) is 53.3 cm³/mol. The fourth-order valence-corrected chi connectivity index (χ4v) is 1.12. The van der Waals surface area contributed by atoms with E-state index in [1.807, 2.05) is 0 Å². The molecule has 3 nitrogen and oxygen atoms in total. The van der Waals surface area contributed by atoms with Crippen molar-refractivity contribution in [1.29, 1.82) is 0 Å². The van der Waals surface area contributed by atoms with E-state index in [-0.39, 0.29) is 6.92 Å². The van der Waals surface area contributed by atoms with Crippen LogP contribution in [0.15, 0.2) is 0 Å². The molecule has 0 aliphatic rings. The summed E-state index contributed by atoms with van der Waals surface area (Å²) in [4.78, 5) is 10.6. The molecule has 1 rings (SSSR count). The Balaban J connectivity index is 2.72. The van der Waals surface area contributed by atoms with Crippen LogP contribution in [0.1, 0.15) is 6.92 Å². The molecule has 118 valence electrons.